The molecule has 0 aromatic carbocycles. The Bertz CT molecular complexity index is 543. The summed E-state index contributed by atoms with van der Waals surface area (Å²) in [5, 5.41) is 8.93. The maximum atomic E-state index is 12.5. The van der Waals surface area contributed by atoms with Gasteiger partial charge in [0.05, 0.1) is 6.33 Å². The molecule has 1 aromatic rings. The van der Waals surface area contributed by atoms with E-state index in [1.165, 1.54) is 15.2 Å². The summed E-state index contributed by atoms with van der Waals surface area (Å²) in [6.07, 6.45) is 4.32. The second-order valence-electron chi connectivity index (χ2n) is 4.73. The van der Waals surface area contributed by atoms with Crippen molar-refractivity contribution in [3.63, 3.8) is 0 Å². The van der Waals surface area contributed by atoms with Crippen LogP contribution in [0.4, 0.5) is 0 Å². The number of hydrogen-bond donors (Lipinski definition) is 1. The van der Waals surface area contributed by atoms with Crippen LogP contribution in [0, 0.1) is 0 Å². The summed E-state index contributed by atoms with van der Waals surface area (Å²) in [7, 11) is -1.99. The van der Waals surface area contributed by atoms with Gasteiger partial charge in [0.25, 0.3) is 10.0 Å². The number of aryl methyl sites for hydroxylation is 1. The van der Waals surface area contributed by atoms with Gasteiger partial charge in [0.15, 0.2) is 0 Å². The van der Waals surface area contributed by atoms with Crippen LogP contribution in [0.25, 0.3) is 0 Å². The van der Waals surface area contributed by atoms with E-state index in [4.69, 9.17) is 16.7 Å². The molecule has 1 atom stereocenters. The standard InChI is InChI=1S/C11H18ClN3O3S/c1-14-8-13-11(10(14)12)19(17,18)15-6-2-4-9(15)5-3-7-16/h8-9,16H,2-7H2,1H3. The molecule has 1 aliphatic heterocycles. The highest BCUT2D eigenvalue weighted by atomic mass is 35.5. The fourth-order valence-electron chi connectivity index (χ4n) is 2.42. The molecule has 1 N–H and O–H groups in total. The third-order valence-electron chi connectivity index (χ3n) is 3.41. The van der Waals surface area contributed by atoms with Gasteiger partial charge in [-0.05, 0) is 25.7 Å². The Labute approximate surface area is 118 Å². The molecule has 19 heavy (non-hydrogen) atoms. The summed E-state index contributed by atoms with van der Waals surface area (Å²) < 4.78 is 28.0. The molecule has 1 aromatic heterocycles. The zero-order valence-electron chi connectivity index (χ0n) is 10.8. The molecule has 0 spiro atoms. The van der Waals surface area contributed by atoms with Crippen molar-refractivity contribution >= 4 is 21.6 Å². The summed E-state index contributed by atoms with van der Waals surface area (Å²) >= 11 is 5.98. The van der Waals surface area contributed by atoms with E-state index in [1.807, 2.05) is 0 Å². The lowest BCUT2D eigenvalue weighted by Crippen LogP contribution is -2.36. The molecule has 0 radical (unpaired) electrons. The van der Waals surface area contributed by atoms with Crippen molar-refractivity contribution in [2.45, 2.75) is 36.8 Å². The normalized spacial score (nSPS) is 21.1. The Morgan fingerprint density at radius 1 is 1.58 bits per heavy atom. The van der Waals surface area contributed by atoms with E-state index in [1.54, 1.807) is 7.05 Å². The first-order valence-electron chi connectivity index (χ1n) is 6.28. The minimum absolute atomic E-state index is 0.0600. The number of hydrogen-bond acceptors (Lipinski definition) is 4. The fraction of sp³-hybridized carbons (Fsp3) is 0.727. The molecule has 2 heterocycles. The van der Waals surface area contributed by atoms with Crippen LogP contribution in [-0.2, 0) is 17.1 Å². The number of imidazole rings is 1. The quantitative estimate of drug-likeness (QED) is 0.880. The van der Waals surface area contributed by atoms with E-state index in [-0.39, 0.29) is 22.8 Å². The Morgan fingerprint density at radius 3 is 2.89 bits per heavy atom. The van der Waals surface area contributed by atoms with Crippen LogP contribution in [-0.4, -0.2) is 46.6 Å². The van der Waals surface area contributed by atoms with E-state index in [0.29, 0.717) is 19.4 Å². The lowest BCUT2D eigenvalue weighted by atomic mass is 10.1. The first-order valence-corrected chi connectivity index (χ1v) is 8.10. The highest BCUT2D eigenvalue weighted by Gasteiger charge is 2.37. The smallest absolute Gasteiger partial charge is 0.263 e. The van der Waals surface area contributed by atoms with E-state index in [9.17, 15) is 8.42 Å². The van der Waals surface area contributed by atoms with E-state index in [0.717, 1.165) is 12.8 Å². The monoisotopic (exact) mass is 307 g/mol. The number of halogens is 1. The van der Waals surface area contributed by atoms with Crippen molar-refractivity contribution in [1.82, 2.24) is 13.9 Å². The van der Waals surface area contributed by atoms with Gasteiger partial charge in [-0.3, -0.25) is 0 Å². The van der Waals surface area contributed by atoms with Crippen LogP contribution >= 0.6 is 11.6 Å². The maximum absolute atomic E-state index is 12.5. The van der Waals surface area contributed by atoms with E-state index < -0.39 is 10.0 Å². The van der Waals surface area contributed by atoms with E-state index in [2.05, 4.69) is 4.98 Å². The second-order valence-corrected chi connectivity index (χ2v) is 6.89. The topological polar surface area (TPSA) is 75.4 Å². The Kier molecular flexibility index (Phi) is 4.50. The Morgan fingerprint density at radius 2 is 2.32 bits per heavy atom. The summed E-state index contributed by atoms with van der Waals surface area (Å²) in [6.45, 7) is 0.570. The van der Waals surface area contributed by atoms with Gasteiger partial charge >= 0.3 is 0 Å². The predicted molar refractivity (Wildman–Crippen MR) is 71.5 cm³/mol. The van der Waals surface area contributed by atoms with Crippen LogP contribution in [0.1, 0.15) is 25.7 Å². The highest BCUT2D eigenvalue weighted by molar-refractivity contribution is 7.89. The van der Waals surface area contributed by atoms with Crippen LogP contribution < -0.4 is 0 Å². The summed E-state index contributed by atoms with van der Waals surface area (Å²) in [5.74, 6) is 0. The molecule has 0 saturated carbocycles. The molecule has 1 unspecified atom stereocenters. The van der Waals surface area contributed by atoms with Gasteiger partial charge in [-0.1, -0.05) is 11.6 Å². The zero-order chi connectivity index (χ0) is 14.0. The largest absolute Gasteiger partial charge is 0.396 e. The molecule has 1 fully saturated rings. The van der Waals surface area contributed by atoms with Crippen molar-refractivity contribution in [1.29, 1.82) is 0 Å². The Hall–Kier alpha value is -0.630. The number of nitrogens with zero attached hydrogens (tertiary/aromatic N) is 3. The van der Waals surface area contributed by atoms with Gasteiger partial charge in [0, 0.05) is 26.2 Å². The zero-order valence-corrected chi connectivity index (χ0v) is 12.4. The van der Waals surface area contributed by atoms with E-state index >= 15 is 0 Å². The third-order valence-corrected chi connectivity index (χ3v) is 5.85. The molecule has 0 amide bonds. The Balaban J connectivity index is 2.26. The number of rotatable bonds is 5. The van der Waals surface area contributed by atoms with Crippen molar-refractivity contribution < 1.29 is 13.5 Å². The minimum Gasteiger partial charge on any atom is -0.396 e. The first kappa shape index (κ1) is 14.8. The molecular formula is C11H18ClN3O3S. The molecule has 1 aliphatic rings. The summed E-state index contributed by atoms with van der Waals surface area (Å²) in [6, 6.07) is -0.0600. The molecule has 0 aliphatic carbocycles. The summed E-state index contributed by atoms with van der Waals surface area (Å²) in [4.78, 5) is 3.90. The van der Waals surface area contributed by atoms with Crippen molar-refractivity contribution in [3.8, 4) is 0 Å². The molecule has 0 bridgehead atoms. The maximum Gasteiger partial charge on any atom is 0.263 e. The van der Waals surface area contributed by atoms with Crippen LogP contribution in [0.2, 0.25) is 5.15 Å². The average molecular weight is 308 g/mol. The molecule has 108 valence electrons. The van der Waals surface area contributed by atoms with Crippen LogP contribution in [0.3, 0.4) is 0 Å². The molecule has 1 saturated heterocycles. The van der Waals surface area contributed by atoms with Gasteiger partial charge in [-0.15, -0.1) is 0 Å². The first-order chi connectivity index (χ1) is 8.98. The lowest BCUT2D eigenvalue weighted by Gasteiger charge is -2.23. The van der Waals surface area contributed by atoms with Crippen LogP contribution in [0.5, 0.6) is 0 Å². The molecular weight excluding hydrogens is 290 g/mol. The fourth-order valence-corrected chi connectivity index (χ4v) is 4.54. The van der Waals surface area contributed by atoms with Gasteiger partial charge in [0.2, 0.25) is 5.03 Å². The molecule has 6 nitrogen and oxygen atoms in total. The average Bonchev–Trinajstić information content (AvgIpc) is 2.96. The van der Waals surface area contributed by atoms with Gasteiger partial charge in [0.1, 0.15) is 5.15 Å². The number of aromatic nitrogens is 2. The van der Waals surface area contributed by atoms with Crippen molar-refractivity contribution in [3.05, 3.63) is 11.5 Å². The van der Waals surface area contributed by atoms with Crippen LogP contribution in [0.15, 0.2) is 11.4 Å². The van der Waals surface area contributed by atoms with Gasteiger partial charge in [-0.2, -0.15) is 4.31 Å². The van der Waals surface area contributed by atoms with Crippen molar-refractivity contribution in [2.75, 3.05) is 13.2 Å². The molecule has 2 rings (SSSR count). The summed E-state index contributed by atoms with van der Waals surface area (Å²) in [5.41, 5.74) is 0. The minimum atomic E-state index is -3.64. The lowest BCUT2D eigenvalue weighted by molar-refractivity contribution is 0.264. The van der Waals surface area contributed by atoms with Crippen molar-refractivity contribution in [2.24, 2.45) is 7.05 Å². The highest BCUT2D eigenvalue weighted by Crippen LogP contribution is 2.30. The SMILES string of the molecule is Cn1cnc(S(=O)(=O)N2CCCC2CCCO)c1Cl. The van der Waals surface area contributed by atoms with Gasteiger partial charge in [-0.25, -0.2) is 13.4 Å². The second kappa shape index (κ2) is 5.78. The number of aliphatic hydroxyl groups excluding tert-OH is 1. The number of aliphatic hydroxyl groups is 1. The van der Waals surface area contributed by atoms with Gasteiger partial charge < -0.3 is 9.67 Å². The number of sulfonamides is 1. The molecule has 8 heteroatoms. The third kappa shape index (κ3) is 2.79. The predicted octanol–water partition coefficient (Wildman–Crippen LogP) is 0.999.